The predicted octanol–water partition coefficient (Wildman–Crippen LogP) is 0.417. The van der Waals surface area contributed by atoms with Gasteiger partial charge in [-0.1, -0.05) is 6.58 Å². The van der Waals surface area contributed by atoms with Crippen LogP contribution in [0.25, 0.3) is 0 Å². The van der Waals surface area contributed by atoms with Gasteiger partial charge in [-0.3, -0.25) is 19.2 Å². The van der Waals surface area contributed by atoms with Gasteiger partial charge in [-0.05, 0) is 25.5 Å². The molecule has 2 aromatic rings. The van der Waals surface area contributed by atoms with Crippen LogP contribution in [0, 0.1) is 0 Å². The summed E-state index contributed by atoms with van der Waals surface area (Å²) < 4.78 is 7.68. The van der Waals surface area contributed by atoms with Crippen LogP contribution in [0.3, 0.4) is 0 Å². The number of allylic oxidation sites excluding steroid dienone is 1. The number of aldehydes is 1. The zero-order valence-electron chi connectivity index (χ0n) is 17.9. The molecular formula is C21H25N5O6. The lowest BCUT2D eigenvalue weighted by Gasteiger charge is -2.18. The molecule has 2 N–H and O–H groups in total. The normalized spacial score (nSPS) is 11.3. The van der Waals surface area contributed by atoms with Crippen molar-refractivity contribution in [1.29, 1.82) is 0 Å². The van der Waals surface area contributed by atoms with E-state index < -0.39 is 29.2 Å². The summed E-state index contributed by atoms with van der Waals surface area (Å²) in [6, 6.07) is 1.73. The Morgan fingerprint density at radius 2 is 2.09 bits per heavy atom. The van der Waals surface area contributed by atoms with Crippen molar-refractivity contribution >= 4 is 29.6 Å². The van der Waals surface area contributed by atoms with Crippen LogP contribution in [0.15, 0.2) is 48.0 Å². The van der Waals surface area contributed by atoms with Crippen molar-refractivity contribution in [1.82, 2.24) is 19.4 Å². The topological polar surface area (TPSA) is 141 Å². The monoisotopic (exact) mass is 443 g/mol. The number of nitrogens with one attached hydrogen (secondary N) is 2. The Balaban J connectivity index is 2.20. The smallest absolute Gasteiger partial charge is 0.274 e. The van der Waals surface area contributed by atoms with Gasteiger partial charge in [0.05, 0.1) is 25.7 Å². The minimum absolute atomic E-state index is 0.0376. The summed E-state index contributed by atoms with van der Waals surface area (Å²) in [5.41, 5.74) is -0.435. The number of nitrogens with zero attached hydrogens (tertiary/aromatic N) is 3. The van der Waals surface area contributed by atoms with Crippen LogP contribution < -0.4 is 16.2 Å². The first-order chi connectivity index (χ1) is 15.3. The fourth-order valence-electron chi connectivity index (χ4n) is 2.82. The van der Waals surface area contributed by atoms with Gasteiger partial charge in [-0.25, -0.2) is 4.98 Å². The van der Waals surface area contributed by atoms with Crippen LogP contribution >= 0.6 is 0 Å². The molecule has 2 aromatic heterocycles. The van der Waals surface area contributed by atoms with Gasteiger partial charge in [0.1, 0.15) is 23.7 Å². The fourth-order valence-corrected chi connectivity index (χ4v) is 2.82. The van der Waals surface area contributed by atoms with Gasteiger partial charge >= 0.3 is 0 Å². The third-order valence-electron chi connectivity index (χ3n) is 4.51. The molecule has 0 aliphatic carbocycles. The second-order valence-electron chi connectivity index (χ2n) is 6.77. The van der Waals surface area contributed by atoms with Gasteiger partial charge in [0.15, 0.2) is 11.5 Å². The number of pyridine rings is 1. The molecule has 0 saturated heterocycles. The first kappa shape index (κ1) is 24.3. The largest absolute Gasteiger partial charge is 0.491 e. The van der Waals surface area contributed by atoms with Crippen LogP contribution in [-0.4, -0.2) is 50.7 Å². The van der Waals surface area contributed by atoms with Gasteiger partial charge < -0.3 is 29.3 Å². The molecule has 0 saturated carbocycles. The molecule has 2 rings (SSSR count). The molecule has 0 bridgehead atoms. The summed E-state index contributed by atoms with van der Waals surface area (Å²) in [4.78, 5) is 64.7. The van der Waals surface area contributed by atoms with E-state index in [2.05, 4.69) is 22.2 Å². The highest BCUT2D eigenvalue weighted by Crippen LogP contribution is 2.09. The maximum atomic E-state index is 12.9. The summed E-state index contributed by atoms with van der Waals surface area (Å²) in [6.07, 6.45) is 4.55. The quantitative estimate of drug-likeness (QED) is 0.275. The van der Waals surface area contributed by atoms with Crippen molar-refractivity contribution < 1.29 is 23.9 Å². The van der Waals surface area contributed by atoms with E-state index in [4.69, 9.17) is 4.74 Å². The van der Waals surface area contributed by atoms with E-state index in [1.807, 2.05) is 0 Å². The van der Waals surface area contributed by atoms with Gasteiger partial charge in [0, 0.05) is 19.7 Å². The van der Waals surface area contributed by atoms with E-state index in [1.54, 1.807) is 14.0 Å². The van der Waals surface area contributed by atoms with Gasteiger partial charge in [0.2, 0.25) is 5.91 Å². The first-order valence-corrected chi connectivity index (χ1v) is 9.84. The number of Topliss-reactive ketones (excluding diaryl/α,β-unsaturated/α-hetero) is 1. The number of rotatable bonds is 12. The number of amides is 2. The minimum atomic E-state index is -1.14. The Kier molecular flexibility index (Phi) is 8.63. The summed E-state index contributed by atoms with van der Waals surface area (Å²) >= 11 is 0. The van der Waals surface area contributed by atoms with Crippen molar-refractivity contribution in [3.05, 3.63) is 59.2 Å². The number of carbonyl (C=O) groups is 4. The third kappa shape index (κ3) is 6.24. The third-order valence-corrected chi connectivity index (χ3v) is 4.51. The Morgan fingerprint density at radius 1 is 1.34 bits per heavy atom. The first-order valence-electron chi connectivity index (χ1n) is 9.84. The van der Waals surface area contributed by atoms with Crippen LogP contribution in [0.2, 0.25) is 0 Å². The van der Waals surface area contributed by atoms with Gasteiger partial charge in [0.25, 0.3) is 11.5 Å². The molecule has 11 nitrogen and oxygen atoms in total. The molecule has 0 unspecified atom stereocenters. The summed E-state index contributed by atoms with van der Waals surface area (Å²) in [5.74, 6) is -1.72. The molecule has 11 heteroatoms. The zero-order chi connectivity index (χ0) is 23.7. The molecule has 0 fully saturated rings. The number of aryl methyl sites for hydroxylation is 1. The number of carbonyl (C=O) groups excluding carboxylic acids is 4. The molecule has 0 spiro atoms. The number of anilines is 1. The highest BCUT2D eigenvalue weighted by atomic mass is 16.5. The molecule has 0 aromatic carbocycles. The summed E-state index contributed by atoms with van der Waals surface area (Å²) in [6.45, 7) is 5.35. The van der Waals surface area contributed by atoms with E-state index in [0.29, 0.717) is 6.29 Å². The molecule has 2 amide bonds. The predicted molar refractivity (Wildman–Crippen MR) is 115 cm³/mol. The van der Waals surface area contributed by atoms with E-state index >= 15 is 0 Å². The lowest BCUT2D eigenvalue weighted by atomic mass is 10.1. The average molecular weight is 443 g/mol. The molecule has 0 radical (unpaired) electrons. The molecule has 32 heavy (non-hydrogen) atoms. The molecule has 0 aliphatic heterocycles. The van der Waals surface area contributed by atoms with E-state index in [9.17, 15) is 24.0 Å². The Bertz CT molecular complexity index is 1070. The lowest BCUT2D eigenvalue weighted by molar-refractivity contribution is -0.120. The average Bonchev–Trinajstić information content (AvgIpc) is 3.19. The van der Waals surface area contributed by atoms with Gasteiger partial charge in [-0.2, -0.15) is 0 Å². The highest BCUT2D eigenvalue weighted by molar-refractivity contribution is 6.01. The summed E-state index contributed by atoms with van der Waals surface area (Å²) in [5, 5.41) is 5.03. The van der Waals surface area contributed by atoms with E-state index in [-0.39, 0.29) is 43.1 Å². The second-order valence-corrected chi connectivity index (χ2v) is 6.77. The van der Waals surface area contributed by atoms with Crippen molar-refractivity contribution in [2.45, 2.75) is 32.4 Å². The molecule has 2 heterocycles. The Hall–Kier alpha value is -4.02. The van der Waals surface area contributed by atoms with Crippen molar-refractivity contribution in [3.8, 4) is 0 Å². The SMILES string of the molecule is C=C(OCC)C(=O)CC[C@H](NC(=O)c1cncn1C)C(=O)Nc1cccn(CC=O)c1=O. The summed E-state index contributed by atoms with van der Waals surface area (Å²) in [7, 11) is 1.62. The second kappa shape index (κ2) is 11.4. The van der Waals surface area contributed by atoms with Crippen LogP contribution in [0.1, 0.15) is 30.3 Å². The maximum absolute atomic E-state index is 12.9. The standard InChI is InChI=1S/C21H25N5O6/c1-4-32-14(2)18(28)8-7-15(23-20(30)17-12-22-13-25(17)3)19(29)24-16-6-5-9-26(10-11-27)21(16)31/h5-6,9,11-13,15H,2,4,7-8,10H2,1,3H3,(H,23,30)(H,24,29)/t15-/m0/s1. The van der Waals surface area contributed by atoms with E-state index in [0.717, 1.165) is 4.57 Å². The molecule has 170 valence electrons. The van der Waals surface area contributed by atoms with Crippen LogP contribution in [0.5, 0.6) is 0 Å². The number of aromatic nitrogens is 3. The zero-order valence-corrected chi connectivity index (χ0v) is 17.9. The van der Waals surface area contributed by atoms with Crippen molar-refractivity contribution in [3.63, 3.8) is 0 Å². The Labute approximate surface area is 184 Å². The number of ketones is 1. The van der Waals surface area contributed by atoms with Gasteiger partial charge in [-0.15, -0.1) is 0 Å². The maximum Gasteiger partial charge on any atom is 0.274 e. The van der Waals surface area contributed by atoms with Crippen molar-refractivity contribution in [2.24, 2.45) is 7.05 Å². The fraction of sp³-hybridized carbons (Fsp3) is 0.333. The number of imidazole rings is 1. The van der Waals surface area contributed by atoms with Crippen LogP contribution in [-0.2, 0) is 32.7 Å². The Morgan fingerprint density at radius 3 is 2.72 bits per heavy atom. The lowest BCUT2D eigenvalue weighted by Crippen LogP contribution is -2.45. The molecule has 0 aliphatic rings. The number of hydrogen-bond donors (Lipinski definition) is 2. The molecule has 1 atom stereocenters. The van der Waals surface area contributed by atoms with Crippen LogP contribution in [0.4, 0.5) is 5.69 Å². The minimum Gasteiger partial charge on any atom is -0.491 e. The number of ether oxygens (including phenoxy) is 1. The highest BCUT2D eigenvalue weighted by Gasteiger charge is 2.25. The number of hydrogen-bond acceptors (Lipinski definition) is 7. The molecular weight excluding hydrogens is 418 g/mol. The van der Waals surface area contributed by atoms with E-state index in [1.165, 1.54) is 35.4 Å². The van der Waals surface area contributed by atoms with Crippen molar-refractivity contribution in [2.75, 3.05) is 11.9 Å².